The highest BCUT2D eigenvalue weighted by Gasteiger charge is 2.26. The first-order valence-corrected chi connectivity index (χ1v) is 11.6. The second-order valence-electron chi connectivity index (χ2n) is 6.49. The maximum Gasteiger partial charge on any atom is 0.0890 e. The highest BCUT2D eigenvalue weighted by atomic mass is 31.2. The summed E-state index contributed by atoms with van der Waals surface area (Å²) in [5, 5.41) is 0. The topological polar surface area (TPSA) is 0 Å². The van der Waals surface area contributed by atoms with Crippen LogP contribution in [0.15, 0.2) is 108 Å². The molecule has 0 nitrogen and oxygen atoms in total. The van der Waals surface area contributed by atoms with Gasteiger partial charge in [0.2, 0.25) is 0 Å². The lowest BCUT2D eigenvalue weighted by molar-refractivity contribution is 1.49. The van der Waals surface area contributed by atoms with E-state index < -0.39 is 7.26 Å². The number of hydrogen-bond donors (Lipinski definition) is 0. The van der Waals surface area contributed by atoms with Gasteiger partial charge in [-0.2, -0.15) is 0 Å². The van der Waals surface area contributed by atoms with Crippen molar-refractivity contribution in [1.29, 1.82) is 0 Å². The van der Waals surface area contributed by atoms with Gasteiger partial charge in [-0.3, -0.25) is 0 Å². The molecule has 3 aromatic carbocycles. The van der Waals surface area contributed by atoms with Gasteiger partial charge in [-0.15, -0.1) is 0 Å². The zero-order valence-corrected chi connectivity index (χ0v) is 16.7. The maximum atomic E-state index is 2.42. The van der Waals surface area contributed by atoms with E-state index in [0.29, 0.717) is 0 Å². The predicted molar refractivity (Wildman–Crippen MR) is 124 cm³/mol. The van der Waals surface area contributed by atoms with Gasteiger partial charge in [-0.05, 0) is 41.8 Å². The van der Waals surface area contributed by atoms with Crippen molar-refractivity contribution in [2.75, 3.05) is 6.16 Å². The van der Waals surface area contributed by atoms with E-state index in [1.165, 1.54) is 16.7 Å². The summed E-state index contributed by atoms with van der Waals surface area (Å²) >= 11 is 0. The summed E-state index contributed by atoms with van der Waals surface area (Å²) in [6.07, 6.45) is 7.90. The third-order valence-corrected chi connectivity index (χ3v) is 7.79. The molecule has 3 aromatic rings. The van der Waals surface area contributed by atoms with E-state index in [2.05, 4.69) is 134 Å². The molecule has 0 bridgehead atoms. The van der Waals surface area contributed by atoms with E-state index >= 15 is 0 Å². The number of hydrogen-bond acceptors (Lipinski definition) is 0. The second-order valence-corrected chi connectivity index (χ2v) is 10.0. The van der Waals surface area contributed by atoms with Crippen molar-refractivity contribution in [3.05, 3.63) is 125 Å². The average Bonchev–Trinajstić information content (AvgIpc) is 2.76. The Morgan fingerprint density at radius 3 is 1.07 bits per heavy atom. The molecule has 0 fully saturated rings. The van der Waals surface area contributed by atoms with Crippen LogP contribution < -0.4 is 0 Å². The summed E-state index contributed by atoms with van der Waals surface area (Å²) in [7, 11) is -1.52. The van der Waals surface area contributed by atoms with Crippen LogP contribution >= 0.6 is 7.26 Å². The Labute approximate surface area is 163 Å². The van der Waals surface area contributed by atoms with E-state index in [9.17, 15) is 0 Å². The van der Waals surface area contributed by atoms with Crippen molar-refractivity contribution in [3.8, 4) is 0 Å². The molecular formula is C26H26P+. The molecule has 0 unspecified atom stereocenters. The third-order valence-electron chi connectivity index (χ3n) is 4.58. The summed E-state index contributed by atoms with van der Waals surface area (Å²) < 4.78 is 0. The van der Waals surface area contributed by atoms with Crippen LogP contribution in [0.1, 0.15) is 23.6 Å². The molecule has 0 heterocycles. The van der Waals surface area contributed by atoms with Gasteiger partial charge in [0.1, 0.15) is 0 Å². The molecule has 0 saturated heterocycles. The molecule has 0 atom stereocenters. The molecule has 0 amide bonds. The molecule has 0 radical (unpaired) electrons. The van der Waals surface area contributed by atoms with Crippen LogP contribution in [0.25, 0.3) is 18.2 Å². The molecule has 0 saturated carbocycles. The largest absolute Gasteiger partial charge is 0.0890 e. The highest BCUT2D eigenvalue weighted by Crippen LogP contribution is 2.64. The van der Waals surface area contributed by atoms with Crippen LogP contribution in [-0.4, -0.2) is 6.16 Å². The first-order chi connectivity index (χ1) is 13.3. The van der Waals surface area contributed by atoms with Crippen LogP contribution in [0.4, 0.5) is 0 Å². The average molecular weight is 369 g/mol. The fourth-order valence-electron chi connectivity index (χ4n) is 2.83. The van der Waals surface area contributed by atoms with E-state index in [0.717, 1.165) is 6.16 Å². The molecule has 3 rings (SSSR count). The van der Waals surface area contributed by atoms with Crippen molar-refractivity contribution >= 4 is 25.5 Å². The minimum Gasteiger partial charge on any atom is -0.0622 e. The monoisotopic (exact) mass is 369 g/mol. The molecule has 0 aliphatic rings. The first kappa shape index (κ1) is 19.1. The molecule has 1 heteroatoms. The van der Waals surface area contributed by atoms with E-state index in [-0.39, 0.29) is 0 Å². The second kappa shape index (κ2) is 9.86. The van der Waals surface area contributed by atoms with Crippen LogP contribution in [0.2, 0.25) is 0 Å². The van der Waals surface area contributed by atoms with Gasteiger partial charge < -0.3 is 0 Å². The zero-order chi connectivity index (χ0) is 18.8. The Hall–Kier alpha value is -2.69. The molecule has 0 aliphatic heterocycles. The van der Waals surface area contributed by atoms with Crippen LogP contribution in [0.3, 0.4) is 0 Å². The lowest BCUT2D eigenvalue weighted by Gasteiger charge is -2.13. The molecular weight excluding hydrogens is 343 g/mol. The Morgan fingerprint density at radius 1 is 0.519 bits per heavy atom. The summed E-state index contributed by atoms with van der Waals surface area (Å²) in [4.78, 5) is 0. The highest BCUT2D eigenvalue weighted by molar-refractivity contribution is 7.84. The Bertz CT molecular complexity index is 770. The molecule has 0 aliphatic carbocycles. The van der Waals surface area contributed by atoms with Crippen molar-refractivity contribution < 1.29 is 0 Å². The van der Waals surface area contributed by atoms with Gasteiger partial charge in [0.25, 0.3) is 0 Å². The molecule has 0 aromatic heterocycles. The minimum absolute atomic E-state index is 1.10. The van der Waals surface area contributed by atoms with Gasteiger partial charge in [-0.25, -0.2) is 0 Å². The summed E-state index contributed by atoms with van der Waals surface area (Å²) in [6.45, 7) is 2.29. The van der Waals surface area contributed by atoms with Gasteiger partial charge in [-0.1, -0.05) is 91.0 Å². The standard InChI is InChI=1S/C26H26P/c1-2-27(21-18-24-12-6-3-7-13-24,22-19-25-14-8-4-9-15-25)23-20-26-16-10-5-11-17-26/h3-23H,2H2,1H3/q+1. The fraction of sp³-hybridized carbons (Fsp3) is 0.0769. The molecule has 134 valence electrons. The van der Waals surface area contributed by atoms with Crippen LogP contribution in [-0.2, 0) is 0 Å². The van der Waals surface area contributed by atoms with Crippen molar-refractivity contribution in [2.45, 2.75) is 6.92 Å². The Morgan fingerprint density at radius 2 is 0.815 bits per heavy atom. The van der Waals surface area contributed by atoms with Gasteiger partial charge in [0.15, 0.2) is 0 Å². The van der Waals surface area contributed by atoms with Crippen molar-refractivity contribution in [1.82, 2.24) is 0 Å². The van der Waals surface area contributed by atoms with E-state index in [1.807, 2.05) is 0 Å². The smallest absolute Gasteiger partial charge is 0.0622 e. The van der Waals surface area contributed by atoms with Crippen molar-refractivity contribution in [3.63, 3.8) is 0 Å². The molecule has 0 spiro atoms. The zero-order valence-electron chi connectivity index (χ0n) is 15.8. The van der Waals surface area contributed by atoms with Crippen LogP contribution in [0.5, 0.6) is 0 Å². The third kappa shape index (κ3) is 5.91. The SMILES string of the molecule is CC[P+](C=Cc1ccccc1)(C=Cc1ccccc1)C=Cc1ccccc1. The van der Waals surface area contributed by atoms with Crippen molar-refractivity contribution in [2.24, 2.45) is 0 Å². The van der Waals surface area contributed by atoms with E-state index in [1.54, 1.807) is 0 Å². The summed E-state index contributed by atoms with van der Waals surface area (Å²) in [6, 6.07) is 31.6. The van der Waals surface area contributed by atoms with Gasteiger partial charge >= 0.3 is 0 Å². The fourth-order valence-corrected chi connectivity index (χ4v) is 5.11. The maximum absolute atomic E-state index is 2.42. The van der Waals surface area contributed by atoms with Gasteiger partial charge in [0.05, 0.1) is 30.9 Å². The molecule has 0 N–H and O–H groups in total. The summed E-state index contributed by atoms with van der Waals surface area (Å²) in [5.74, 6) is 7.25. The van der Waals surface area contributed by atoms with E-state index in [4.69, 9.17) is 0 Å². The lowest BCUT2D eigenvalue weighted by Crippen LogP contribution is -1.86. The molecule has 27 heavy (non-hydrogen) atoms. The first-order valence-electron chi connectivity index (χ1n) is 9.40. The quantitative estimate of drug-likeness (QED) is 0.370. The minimum atomic E-state index is -1.52. The van der Waals surface area contributed by atoms with Crippen LogP contribution in [0, 0.1) is 0 Å². The summed E-state index contributed by atoms with van der Waals surface area (Å²) in [5.41, 5.74) is 3.74. The Balaban J connectivity index is 1.94. The number of benzene rings is 3. The Kier molecular flexibility index (Phi) is 6.97. The lowest BCUT2D eigenvalue weighted by atomic mass is 10.2. The normalized spacial score (nSPS) is 14.1. The predicted octanol–water partition coefficient (Wildman–Crippen LogP) is 8.04. The van der Waals surface area contributed by atoms with Gasteiger partial charge in [0, 0.05) is 0 Å². The number of rotatable bonds is 7.